The average Bonchev–Trinajstić information content (AvgIpc) is 3.67. The number of carbonyl (C=O) groups is 5. The number of rotatable bonds is 7. The summed E-state index contributed by atoms with van der Waals surface area (Å²) in [5, 5.41) is 27.0. The van der Waals surface area contributed by atoms with Crippen LogP contribution in [0.1, 0.15) is 34.3 Å². The molecule has 1 fully saturated rings. The molecule has 3 amide bonds. The van der Waals surface area contributed by atoms with Crippen LogP contribution in [0.15, 0.2) is 48.5 Å². The van der Waals surface area contributed by atoms with Gasteiger partial charge in [-0.15, -0.1) is 0 Å². The normalized spacial score (nSPS) is 13.5. The van der Waals surface area contributed by atoms with Crippen molar-refractivity contribution in [1.82, 2.24) is 25.0 Å². The number of carboxylic acids is 2. The Kier molecular flexibility index (Phi) is 10.2. The summed E-state index contributed by atoms with van der Waals surface area (Å²) in [6.07, 6.45) is -0.137. The van der Waals surface area contributed by atoms with Gasteiger partial charge in [-0.3, -0.25) is 19.5 Å². The van der Waals surface area contributed by atoms with Crippen molar-refractivity contribution >= 4 is 57.9 Å². The number of hydrogen-bond acceptors (Lipinski definition) is 7. The number of piperazine rings is 1. The molecule has 16 heteroatoms. The largest absolute Gasteiger partial charge is 0.477 e. The van der Waals surface area contributed by atoms with Gasteiger partial charge in [0.1, 0.15) is 11.4 Å². The van der Waals surface area contributed by atoms with E-state index in [9.17, 15) is 28.4 Å². The molecule has 14 nitrogen and oxygen atoms in total. The molecule has 0 saturated carbocycles. The first kappa shape index (κ1) is 32.6. The molecule has 1 aliphatic rings. The fourth-order valence-corrected chi connectivity index (χ4v) is 4.69. The number of nitrogens with one attached hydrogen (secondary N) is 3. The molecule has 5 rings (SSSR count). The minimum absolute atomic E-state index is 0.0250. The Bertz CT molecular complexity index is 1760. The van der Waals surface area contributed by atoms with Crippen LogP contribution in [0.25, 0.3) is 22.2 Å². The third kappa shape index (κ3) is 8.01. The highest BCUT2D eigenvalue weighted by molar-refractivity contribution is 6.31. The molecular weight excluding hydrogens is 613 g/mol. The summed E-state index contributed by atoms with van der Waals surface area (Å²) in [5.74, 6) is -3.61. The van der Waals surface area contributed by atoms with Gasteiger partial charge in [0.15, 0.2) is 5.82 Å². The van der Waals surface area contributed by atoms with E-state index < -0.39 is 29.7 Å². The summed E-state index contributed by atoms with van der Waals surface area (Å²) in [7, 11) is 0. The molecule has 0 radical (unpaired) electrons. The SMILES string of the molecule is CC(=O)N1CCN(C(=O)CC(N)C(=O)Nc2ccc3[nH]c(C(=O)O)cc3c2)CC1.O=C(O)c1cc(-c2cccc(Cl)c2F)n[nH]1. The smallest absolute Gasteiger partial charge is 0.353 e. The Hall–Kier alpha value is -5.28. The Morgan fingerprint density at radius 2 is 1.67 bits per heavy atom. The third-order valence-corrected chi connectivity index (χ3v) is 7.26. The molecule has 0 bridgehead atoms. The second-order valence-corrected chi connectivity index (χ2v) is 10.5. The molecule has 236 valence electrons. The quantitative estimate of drug-likeness (QED) is 0.175. The molecule has 2 aromatic carbocycles. The minimum Gasteiger partial charge on any atom is -0.477 e. The molecule has 0 spiro atoms. The molecular formula is C29H29ClFN7O7. The number of H-pyrrole nitrogens is 2. The lowest BCUT2D eigenvalue weighted by Gasteiger charge is -2.34. The number of carboxylic acid groups (broad SMARTS) is 2. The molecule has 1 saturated heterocycles. The van der Waals surface area contributed by atoms with E-state index in [0.29, 0.717) is 42.8 Å². The van der Waals surface area contributed by atoms with Gasteiger partial charge < -0.3 is 36.0 Å². The van der Waals surface area contributed by atoms with Gasteiger partial charge in [0.2, 0.25) is 17.7 Å². The number of anilines is 1. The molecule has 1 aliphatic heterocycles. The highest BCUT2D eigenvalue weighted by Gasteiger charge is 2.26. The van der Waals surface area contributed by atoms with Crippen LogP contribution in [0.5, 0.6) is 0 Å². The third-order valence-electron chi connectivity index (χ3n) is 6.96. The number of carbonyl (C=O) groups excluding carboxylic acids is 3. The zero-order valence-corrected chi connectivity index (χ0v) is 24.6. The summed E-state index contributed by atoms with van der Waals surface area (Å²) in [5.41, 5.74) is 7.30. The number of nitrogens with zero attached hydrogens (tertiary/aromatic N) is 3. The summed E-state index contributed by atoms with van der Waals surface area (Å²) in [6.45, 7) is 3.27. The van der Waals surface area contributed by atoms with Gasteiger partial charge in [-0.25, -0.2) is 14.0 Å². The molecule has 3 heterocycles. The van der Waals surface area contributed by atoms with Crippen LogP contribution in [-0.4, -0.2) is 97.1 Å². The van der Waals surface area contributed by atoms with Crippen molar-refractivity contribution in [2.75, 3.05) is 31.5 Å². The topological polar surface area (TPSA) is 215 Å². The van der Waals surface area contributed by atoms with Gasteiger partial charge in [-0.05, 0) is 42.5 Å². The Balaban J connectivity index is 0.000000242. The highest BCUT2D eigenvalue weighted by Crippen LogP contribution is 2.26. The van der Waals surface area contributed by atoms with Crippen molar-refractivity contribution in [3.63, 3.8) is 0 Å². The molecule has 0 aliphatic carbocycles. The number of benzene rings is 2. The Labute approximate surface area is 259 Å². The van der Waals surface area contributed by atoms with E-state index in [1.54, 1.807) is 34.1 Å². The van der Waals surface area contributed by atoms with Gasteiger partial charge in [0.05, 0.1) is 23.2 Å². The van der Waals surface area contributed by atoms with Crippen LogP contribution in [0, 0.1) is 5.82 Å². The Morgan fingerprint density at radius 3 is 2.29 bits per heavy atom. The van der Waals surface area contributed by atoms with Gasteiger partial charge in [-0.1, -0.05) is 17.7 Å². The Morgan fingerprint density at radius 1 is 1.00 bits per heavy atom. The molecule has 1 atom stereocenters. The first-order chi connectivity index (χ1) is 21.3. The first-order valence-electron chi connectivity index (χ1n) is 13.5. The number of nitrogens with two attached hydrogens (primary N) is 1. The average molecular weight is 642 g/mol. The van der Waals surface area contributed by atoms with E-state index in [0.717, 1.165) is 0 Å². The highest BCUT2D eigenvalue weighted by atomic mass is 35.5. The molecule has 7 N–H and O–H groups in total. The zero-order valence-electron chi connectivity index (χ0n) is 23.8. The number of amides is 3. The lowest BCUT2D eigenvalue weighted by Crippen LogP contribution is -2.51. The van der Waals surface area contributed by atoms with Gasteiger partial charge in [0, 0.05) is 55.3 Å². The predicted octanol–water partition coefficient (Wildman–Crippen LogP) is 2.78. The molecule has 2 aromatic heterocycles. The molecule has 45 heavy (non-hydrogen) atoms. The van der Waals surface area contributed by atoms with Crippen molar-refractivity contribution in [3.05, 3.63) is 70.8 Å². The summed E-state index contributed by atoms with van der Waals surface area (Å²) < 4.78 is 13.6. The maximum absolute atomic E-state index is 13.6. The van der Waals surface area contributed by atoms with E-state index in [-0.39, 0.29) is 45.9 Å². The van der Waals surface area contributed by atoms with Gasteiger partial charge in [0.25, 0.3) is 0 Å². The van der Waals surface area contributed by atoms with Crippen molar-refractivity contribution < 1.29 is 38.6 Å². The number of halogens is 2. The van der Waals surface area contributed by atoms with Crippen molar-refractivity contribution in [2.45, 2.75) is 19.4 Å². The van der Waals surface area contributed by atoms with Crippen LogP contribution in [0.2, 0.25) is 5.02 Å². The second kappa shape index (κ2) is 14.0. The van der Waals surface area contributed by atoms with E-state index in [1.807, 2.05) is 0 Å². The number of aromatic amines is 2. The molecule has 4 aromatic rings. The monoisotopic (exact) mass is 641 g/mol. The maximum atomic E-state index is 13.6. The number of aromatic nitrogens is 3. The predicted molar refractivity (Wildman–Crippen MR) is 161 cm³/mol. The van der Waals surface area contributed by atoms with Crippen LogP contribution in [0.4, 0.5) is 10.1 Å². The van der Waals surface area contributed by atoms with E-state index >= 15 is 0 Å². The summed E-state index contributed by atoms with van der Waals surface area (Å²) in [6, 6.07) is 11.1. The lowest BCUT2D eigenvalue weighted by molar-refractivity contribution is -0.139. The van der Waals surface area contributed by atoms with E-state index in [4.69, 9.17) is 27.5 Å². The number of fused-ring (bicyclic) bond motifs is 1. The maximum Gasteiger partial charge on any atom is 0.353 e. The second-order valence-electron chi connectivity index (χ2n) is 10.1. The number of aromatic carboxylic acids is 2. The van der Waals surface area contributed by atoms with Gasteiger partial charge >= 0.3 is 11.9 Å². The fourth-order valence-electron chi connectivity index (χ4n) is 4.51. The van der Waals surface area contributed by atoms with Gasteiger partial charge in [-0.2, -0.15) is 5.10 Å². The van der Waals surface area contributed by atoms with Crippen LogP contribution < -0.4 is 11.1 Å². The molecule has 1 unspecified atom stereocenters. The summed E-state index contributed by atoms with van der Waals surface area (Å²) in [4.78, 5) is 63.8. The number of hydrogen-bond donors (Lipinski definition) is 6. The minimum atomic E-state index is -1.15. The van der Waals surface area contributed by atoms with E-state index in [1.165, 1.54) is 31.2 Å². The van der Waals surface area contributed by atoms with Crippen LogP contribution in [0.3, 0.4) is 0 Å². The van der Waals surface area contributed by atoms with Crippen molar-refractivity contribution in [2.24, 2.45) is 5.73 Å². The van der Waals surface area contributed by atoms with Crippen LogP contribution >= 0.6 is 11.6 Å². The van der Waals surface area contributed by atoms with Crippen LogP contribution in [-0.2, 0) is 14.4 Å². The van der Waals surface area contributed by atoms with Crippen molar-refractivity contribution in [1.29, 1.82) is 0 Å². The summed E-state index contributed by atoms with van der Waals surface area (Å²) >= 11 is 5.60. The lowest BCUT2D eigenvalue weighted by atomic mass is 10.1. The zero-order chi connectivity index (χ0) is 32.8. The first-order valence-corrected chi connectivity index (χ1v) is 13.9. The van der Waals surface area contributed by atoms with Crippen molar-refractivity contribution in [3.8, 4) is 11.3 Å². The standard InChI is InChI=1S/C19H23N5O5.C10H6ClFN2O2/c1-11(25)23-4-6-24(7-5-23)17(26)10-14(20)18(27)21-13-2-3-15-12(8-13)9-16(22-15)19(28)29;11-6-3-1-2-5(9(6)12)7-4-8(10(15)16)14-13-7/h2-3,8-9,14,22H,4-7,10,20H2,1H3,(H,21,27)(H,28,29);1-4H,(H,13,14)(H,15,16). The fraction of sp³-hybridized carbons (Fsp3) is 0.241. The van der Waals surface area contributed by atoms with E-state index in [2.05, 4.69) is 20.5 Å².